The summed E-state index contributed by atoms with van der Waals surface area (Å²) in [7, 11) is 3.64. The predicted octanol–water partition coefficient (Wildman–Crippen LogP) is 2.14. The van der Waals surface area contributed by atoms with Crippen molar-refractivity contribution in [3.8, 4) is 11.8 Å². The molecule has 0 aliphatic carbocycles. The number of hydrogen-bond acceptors (Lipinski definition) is 4. The van der Waals surface area contributed by atoms with E-state index in [1.807, 2.05) is 43.3 Å². The van der Waals surface area contributed by atoms with E-state index in [0.717, 1.165) is 23.1 Å². The van der Waals surface area contributed by atoms with Crippen molar-refractivity contribution in [1.29, 1.82) is 0 Å². The van der Waals surface area contributed by atoms with Gasteiger partial charge in [-0.15, -0.1) is 0 Å². The summed E-state index contributed by atoms with van der Waals surface area (Å²) in [4.78, 5) is 2.06. The Hall–Kier alpha value is -2.07. The van der Waals surface area contributed by atoms with Gasteiger partial charge in [-0.3, -0.25) is 9.58 Å². The third kappa shape index (κ3) is 4.44. The fraction of sp³-hybridized carbons (Fsp3) is 0.476. The Bertz CT molecular complexity index is 846. The van der Waals surface area contributed by atoms with E-state index < -0.39 is 0 Å². The zero-order valence-electron chi connectivity index (χ0n) is 17.1. The predicted molar refractivity (Wildman–Crippen MR) is 109 cm³/mol. The van der Waals surface area contributed by atoms with Gasteiger partial charge in [-0.2, -0.15) is 5.10 Å². The SMILES string of the molecule is CN(C)CC#Cc1ccccc1Cn1cc(B2OC(C)(C)C(C)(C)O2)cn1. The summed E-state index contributed by atoms with van der Waals surface area (Å²) in [6.45, 7) is 9.62. The van der Waals surface area contributed by atoms with Crippen LogP contribution in [0.15, 0.2) is 36.7 Å². The van der Waals surface area contributed by atoms with E-state index in [2.05, 4.69) is 61.7 Å². The summed E-state index contributed by atoms with van der Waals surface area (Å²) < 4.78 is 14.1. The van der Waals surface area contributed by atoms with Crippen molar-refractivity contribution in [2.24, 2.45) is 0 Å². The molecular weight excluding hydrogens is 337 g/mol. The summed E-state index contributed by atoms with van der Waals surface area (Å²) in [6, 6.07) is 8.19. The largest absolute Gasteiger partial charge is 0.498 e. The second-order valence-electron chi connectivity index (χ2n) is 8.26. The zero-order valence-corrected chi connectivity index (χ0v) is 17.1. The highest BCUT2D eigenvalue weighted by Gasteiger charge is 2.52. The van der Waals surface area contributed by atoms with E-state index in [1.165, 1.54) is 0 Å². The monoisotopic (exact) mass is 365 g/mol. The first-order chi connectivity index (χ1) is 12.7. The van der Waals surface area contributed by atoms with Crippen molar-refractivity contribution in [3.05, 3.63) is 47.8 Å². The molecule has 0 atom stereocenters. The first kappa shape index (κ1) is 19.7. The normalized spacial score (nSPS) is 17.8. The minimum atomic E-state index is -0.390. The van der Waals surface area contributed by atoms with E-state index in [-0.39, 0.29) is 18.3 Å². The first-order valence-corrected chi connectivity index (χ1v) is 9.27. The van der Waals surface area contributed by atoms with Crippen LogP contribution in [0.1, 0.15) is 38.8 Å². The maximum absolute atomic E-state index is 6.11. The van der Waals surface area contributed by atoms with E-state index in [4.69, 9.17) is 9.31 Å². The number of rotatable bonds is 4. The van der Waals surface area contributed by atoms with E-state index >= 15 is 0 Å². The lowest BCUT2D eigenvalue weighted by Gasteiger charge is -2.32. The van der Waals surface area contributed by atoms with Crippen molar-refractivity contribution in [3.63, 3.8) is 0 Å². The topological polar surface area (TPSA) is 39.5 Å². The average molecular weight is 365 g/mol. The smallest absolute Gasteiger partial charge is 0.399 e. The third-order valence-electron chi connectivity index (χ3n) is 5.15. The molecule has 27 heavy (non-hydrogen) atoms. The summed E-state index contributed by atoms with van der Waals surface area (Å²) in [5.41, 5.74) is 2.41. The van der Waals surface area contributed by atoms with Gasteiger partial charge >= 0.3 is 7.12 Å². The number of aromatic nitrogens is 2. The van der Waals surface area contributed by atoms with Gasteiger partial charge in [0.1, 0.15) is 0 Å². The Balaban J connectivity index is 1.75. The lowest BCUT2D eigenvalue weighted by atomic mass is 9.82. The molecule has 5 nitrogen and oxygen atoms in total. The number of hydrogen-bond donors (Lipinski definition) is 0. The van der Waals surface area contributed by atoms with Crippen LogP contribution in [0.25, 0.3) is 0 Å². The molecule has 1 aromatic carbocycles. The minimum Gasteiger partial charge on any atom is -0.399 e. The van der Waals surface area contributed by atoms with Gasteiger partial charge in [0.15, 0.2) is 0 Å². The fourth-order valence-corrected chi connectivity index (χ4v) is 2.81. The lowest BCUT2D eigenvalue weighted by Crippen LogP contribution is -2.41. The summed E-state index contributed by atoms with van der Waals surface area (Å²) in [5, 5.41) is 4.50. The molecule has 1 fully saturated rings. The molecule has 0 amide bonds. The van der Waals surface area contributed by atoms with Crippen molar-refractivity contribution in [1.82, 2.24) is 14.7 Å². The Morgan fingerprint density at radius 1 is 1.11 bits per heavy atom. The molecule has 0 unspecified atom stereocenters. The van der Waals surface area contributed by atoms with Gasteiger partial charge in [0.2, 0.25) is 0 Å². The van der Waals surface area contributed by atoms with Crippen molar-refractivity contribution in [2.45, 2.75) is 45.4 Å². The first-order valence-electron chi connectivity index (χ1n) is 9.27. The van der Waals surface area contributed by atoms with Crippen molar-refractivity contribution >= 4 is 12.6 Å². The van der Waals surface area contributed by atoms with Gasteiger partial charge in [0.25, 0.3) is 0 Å². The van der Waals surface area contributed by atoms with Crippen LogP contribution in [0.5, 0.6) is 0 Å². The molecule has 1 aliphatic heterocycles. The van der Waals surface area contributed by atoms with Crippen LogP contribution in [0.4, 0.5) is 0 Å². The van der Waals surface area contributed by atoms with Gasteiger partial charge < -0.3 is 9.31 Å². The van der Waals surface area contributed by atoms with Gasteiger partial charge in [0, 0.05) is 23.4 Å². The van der Waals surface area contributed by atoms with Gasteiger partial charge in [-0.05, 0) is 53.4 Å². The molecule has 0 saturated carbocycles. The summed E-state index contributed by atoms with van der Waals surface area (Å²) in [6.07, 6.45) is 3.81. The van der Waals surface area contributed by atoms with E-state index in [0.29, 0.717) is 6.54 Å². The number of nitrogens with zero attached hydrogens (tertiary/aromatic N) is 3. The van der Waals surface area contributed by atoms with Crippen molar-refractivity contribution < 1.29 is 9.31 Å². The number of benzene rings is 1. The molecule has 0 radical (unpaired) electrons. The quantitative estimate of drug-likeness (QED) is 0.615. The second kappa shape index (κ2) is 7.51. The van der Waals surface area contributed by atoms with Crippen LogP contribution in [-0.2, 0) is 15.9 Å². The maximum Gasteiger partial charge on any atom is 0.498 e. The molecule has 1 aromatic heterocycles. The van der Waals surface area contributed by atoms with Gasteiger partial charge in [-0.25, -0.2) is 0 Å². The summed E-state index contributed by atoms with van der Waals surface area (Å²) in [5.74, 6) is 6.47. The minimum absolute atomic E-state index is 0.353. The van der Waals surface area contributed by atoms with Crippen LogP contribution in [0.2, 0.25) is 0 Å². The highest BCUT2D eigenvalue weighted by Crippen LogP contribution is 2.36. The fourth-order valence-electron chi connectivity index (χ4n) is 2.81. The molecule has 0 N–H and O–H groups in total. The van der Waals surface area contributed by atoms with Crippen LogP contribution < -0.4 is 5.46 Å². The molecule has 2 aromatic rings. The molecule has 0 bridgehead atoms. The molecule has 2 heterocycles. The highest BCUT2D eigenvalue weighted by molar-refractivity contribution is 6.61. The van der Waals surface area contributed by atoms with E-state index in [1.54, 1.807) is 0 Å². The molecule has 1 aliphatic rings. The van der Waals surface area contributed by atoms with Gasteiger partial charge in [0.05, 0.1) is 24.3 Å². The molecular formula is C21H28BN3O2. The molecule has 142 valence electrons. The Labute approximate surface area is 162 Å². The van der Waals surface area contributed by atoms with Gasteiger partial charge in [-0.1, -0.05) is 30.0 Å². The Kier molecular flexibility index (Phi) is 5.48. The lowest BCUT2D eigenvalue weighted by molar-refractivity contribution is 0.00578. The Morgan fingerprint density at radius 3 is 2.44 bits per heavy atom. The standard InChI is InChI=1S/C21H28BN3O2/c1-20(2)21(3,4)27-22(26-20)19-14-23-25(16-19)15-18-11-8-7-10-17(18)12-9-13-24(5)6/h7-8,10-11,14,16H,13,15H2,1-6H3. The summed E-state index contributed by atoms with van der Waals surface area (Å²) >= 11 is 0. The zero-order chi connectivity index (χ0) is 19.7. The van der Waals surface area contributed by atoms with Crippen LogP contribution >= 0.6 is 0 Å². The van der Waals surface area contributed by atoms with Crippen LogP contribution in [0.3, 0.4) is 0 Å². The molecule has 1 saturated heterocycles. The molecule has 0 spiro atoms. The van der Waals surface area contributed by atoms with Crippen LogP contribution in [-0.4, -0.2) is 53.6 Å². The average Bonchev–Trinajstić information content (AvgIpc) is 3.11. The Morgan fingerprint density at radius 2 is 1.78 bits per heavy atom. The maximum atomic E-state index is 6.11. The highest BCUT2D eigenvalue weighted by atomic mass is 16.7. The van der Waals surface area contributed by atoms with Crippen LogP contribution in [0, 0.1) is 11.8 Å². The second-order valence-corrected chi connectivity index (χ2v) is 8.26. The molecule has 3 rings (SSSR count). The van der Waals surface area contributed by atoms with E-state index in [9.17, 15) is 0 Å². The van der Waals surface area contributed by atoms with Crippen molar-refractivity contribution in [2.75, 3.05) is 20.6 Å². The molecule has 6 heteroatoms. The third-order valence-corrected chi connectivity index (χ3v) is 5.15.